The molecule has 1 atom stereocenters. The van der Waals surface area contributed by atoms with Gasteiger partial charge in [0.2, 0.25) is 0 Å². The van der Waals surface area contributed by atoms with Crippen molar-refractivity contribution in [2.75, 3.05) is 12.0 Å². The van der Waals surface area contributed by atoms with Gasteiger partial charge in [0.05, 0.1) is 6.10 Å². The van der Waals surface area contributed by atoms with Crippen molar-refractivity contribution in [2.24, 2.45) is 0 Å². The van der Waals surface area contributed by atoms with Crippen molar-refractivity contribution in [1.82, 2.24) is 0 Å². The third-order valence-electron chi connectivity index (χ3n) is 1.47. The third-order valence-corrected chi connectivity index (χ3v) is 3.08. The second-order valence-corrected chi connectivity index (χ2v) is 4.28. The molecule has 62 valence electrons. The van der Waals surface area contributed by atoms with Crippen LogP contribution in [0.25, 0.3) is 0 Å². The Labute approximate surface area is 75.4 Å². The maximum atomic E-state index is 9.54. The molecule has 0 aromatic carbocycles. The Kier molecular flexibility index (Phi) is 3.97. The third kappa shape index (κ3) is 2.85. The quantitative estimate of drug-likeness (QED) is 0.783. The molecule has 0 aliphatic heterocycles. The number of hydrogen-bond acceptors (Lipinski definition) is 3. The largest absolute Gasteiger partial charge is 0.388 e. The summed E-state index contributed by atoms with van der Waals surface area (Å²) in [6.45, 7) is 0. The van der Waals surface area contributed by atoms with E-state index in [0.717, 1.165) is 17.1 Å². The highest BCUT2D eigenvalue weighted by Crippen LogP contribution is 2.22. The van der Waals surface area contributed by atoms with Gasteiger partial charge in [0, 0.05) is 4.88 Å². The highest BCUT2D eigenvalue weighted by atomic mass is 32.2. The van der Waals surface area contributed by atoms with E-state index in [1.807, 2.05) is 17.5 Å². The summed E-state index contributed by atoms with van der Waals surface area (Å²) in [4.78, 5) is 1.08. The second kappa shape index (κ2) is 4.80. The normalized spacial score (nSPS) is 13.3. The molecule has 1 unspecified atom stereocenters. The van der Waals surface area contributed by atoms with Gasteiger partial charge in [-0.3, -0.25) is 0 Å². The fraction of sp³-hybridized carbons (Fsp3) is 0.500. The van der Waals surface area contributed by atoms with E-state index in [4.69, 9.17) is 0 Å². The highest BCUT2D eigenvalue weighted by Gasteiger charge is 2.06. The van der Waals surface area contributed by atoms with E-state index < -0.39 is 0 Å². The first kappa shape index (κ1) is 9.10. The van der Waals surface area contributed by atoms with Crippen LogP contribution >= 0.6 is 23.1 Å². The highest BCUT2D eigenvalue weighted by molar-refractivity contribution is 7.98. The van der Waals surface area contributed by atoms with Crippen molar-refractivity contribution in [1.29, 1.82) is 0 Å². The summed E-state index contributed by atoms with van der Waals surface area (Å²) < 4.78 is 0. The predicted molar refractivity (Wildman–Crippen MR) is 52.3 cm³/mol. The lowest BCUT2D eigenvalue weighted by Crippen LogP contribution is -1.95. The first-order valence-electron chi connectivity index (χ1n) is 3.55. The first-order chi connectivity index (χ1) is 5.34. The maximum Gasteiger partial charge on any atom is 0.0889 e. The van der Waals surface area contributed by atoms with Crippen LogP contribution in [0, 0.1) is 0 Å². The van der Waals surface area contributed by atoms with Crippen LogP contribution in [0.4, 0.5) is 0 Å². The van der Waals surface area contributed by atoms with E-state index in [-0.39, 0.29) is 6.10 Å². The monoisotopic (exact) mass is 188 g/mol. The molecule has 1 aromatic heterocycles. The molecule has 11 heavy (non-hydrogen) atoms. The molecule has 1 nitrogen and oxygen atoms in total. The van der Waals surface area contributed by atoms with Gasteiger partial charge in [-0.15, -0.1) is 11.3 Å². The second-order valence-electron chi connectivity index (χ2n) is 2.31. The molecule has 0 fully saturated rings. The van der Waals surface area contributed by atoms with E-state index >= 15 is 0 Å². The number of hydrogen-bond donors (Lipinski definition) is 1. The lowest BCUT2D eigenvalue weighted by molar-refractivity contribution is 0.179. The minimum atomic E-state index is -0.248. The van der Waals surface area contributed by atoms with Gasteiger partial charge in [0.15, 0.2) is 0 Å². The van der Waals surface area contributed by atoms with Crippen molar-refractivity contribution in [3.63, 3.8) is 0 Å². The number of thiophene rings is 1. The lowest BCUT2D eigenvalue weighted by atomic mass is 10.2. The van der Waals surface area contributed by atoms with E-state index in [2.05, 4.69) is 6.26 Å². The number of rotatable bonds is 4. The molecular weight excluding hydrogens is 176 g/mol. The Morgan fingerprint density at radius 1 is 1.73 bits per heavy atom. The van der Waals surface area contributed by atoms with E-state index in [9.17, 15) is 5.11 Å². The molecular formula is C8H12OS2. The molecule has 1 rings (SSSR count). The summed E-state index contributed by atoms with van der Waals surface area (Å²) in [6, 6.07) is 3.96. The summed E-state index contributed by atoms with van der Waals surface area (Å²) >= 11 is 3.39. The van der Waals surface area contributed by atoms with Crippen LogP contribution in [0.1, 0.15) is 17.4 Å². The lowest BCUT2D eigenvalue weighted by Gasteiger charge is -2.05. The van der Waals surface area contributed by atoms with Gasteiger partial charge in [0.25, 0.3) is 0 Å². The molecule has 3 heteroatoms. The topological polar surface area (TPSA) is 20.2 Å². The van der Waals surface area contributed by atoms with Crippen LogP contribution < -0.4 is 0 Å². The van der Waals surface area contributed by atoms with Crippen LogP contribution in [-0.2, 0) is 0 Å². The van der Waals surface area contributed by atoms with Gasteiger partial charge < -0.3 is 5.11 Å². The molecule has 0 bridgehead atoms. The van der Waals surface area contributed by atoms with Crippen LogP contribution in [0.3, 0.4) is 0 Å². The number of aliphatic hydroxyl groups excluding tert-OH is 1. The summed E-state index contributed by atoms with van der Waals surface area (Å²) in [5, 5.41) is 11.5. The van der Waals surface area contributed by atoms with E-state index in [0.29, 0.717) is 0 Å². The molecule has 1 aromatic rings. The molecule has 0 spiro atoms. The summed E-state index contributed by atoms with van der Waals surface area (Å²) in [5.74, 6) is 1.03. The number of thioether (sulfide) groups is 1. The Morgan fingerprint density at radius 2 is 2.55 bits per heavy atom. The zero-order valence-corrected chi connectivity index (χ0v) is 8.12. The molecule has 1 heterocycles. The minimum Gasteiger partial charge on any atom is -0.388 e. The summed E-state index contributed by atoms with van der Waals surface area (Å²) in [5.41, 5.74) is 0. The molecule has 0 aliphatic rings. The van der Waals surface area contributed by atoms with Crippen molar-refractivity contribution >= 4 is 23.1 Å². The SMILES string of the molecule is CSCCC(O)c1cccs1. The number of aliphatic hydroxyl groups is 1. The van der Waals surface area contributed by atoms with Gasteiger partial charge in [-0.25, -0.2) is 0 Å². The van der Waals surface area contributed by atoms with Crippen molar-refractivity contribution in [3.05, 3.63) is 22.4 Å². The average molecular weight is 188 g/mol. The van der Waals surface area contributed by atoms with Crippen molar-refractivity contribution in [3.8, 4) is 0 Å². The molecule has 1 N–H and O–H groups in total. The van der Waals surface area contributed by atoms with Gasteiger partial charge in [-0.1, -0.05) is 6.07 Å². The first-order valence-corrected chi connectivity index (χ1v) is 5.82. The van der Waals surface area contributed by atoms with Crippen LogP contribution in [0.15, 0.2) is 17.5 Å². The molecule has 0 saturated carbocycles. The predicted octanol–water partition coefficient (Wildman–Crippen LogP) is 2.53. The maximum absolute atomic E-state index is 9.54. The van der Waals surface area contributed by atoms with Gasteiger partial charge in [0.1, 0.15) is 0 Å². The van der Waals surface area contributed by atoms with E-state index in [1.165, 1.54) is 0 Å². The van der Waals surface area contributed by atoms with Crippen LogP contribution in [0.5, 0.6) is 0 Å². The van der Waals surface area contributed by atoms with Crippen LogP contribution in [0.2, 0.25) is 0 Å². The fourth-order valence-corrected chi connectivity index (χ4v) is 2.06. The van der Waals surface area contributed by atoms with Crippen molar-refractivity contribution in [2.45, 2.75) is 12.5 Å². The summed E-state index contributed by atoms with van der Waals surface area (Å²) in [6.07, 6.45) is 2.67. The van der Waals surface area contributed by atoms with Gasteiger partial charge in [-0.05, 0) is 29.9 Å². The molecule has 0 radical (unpaired) electrons. The van der Waals surface area contributed by atoms with E-state index in [1.54, 1.807) is 23.1 Å². The Balaban J connectivity index is 2.36. The molecule has 0 saturated heterocycles. The summed E-state index contributed by atoms with van der Waals surface area (Å²) in [7, 11) is 0. The Hall–Kier alpha value is 0.01000. The Morgan fingerprint density at radius 3 is 3.09 bits per heavy atom. The van der Waals surface area contributed by atoms with Crippen LogP contribution in [-0.4, -0.2) is 17.1 Å². The zero-order chi connectivity index (χ0) is 8.10. The van der Waals surface area contributed by atoms with Gasteiger partial charge >= 0.3 is 0 Å². The smallest absolute Gasteiger partial charge is 0.0889 e. The molecule has 0 amide bonds. The fourth-order valence-electron chi connectivity index (χ4n) is 0.853. The minimum absolute atomic E-state index is 0.248. The molecule has 0 aliphatic carbocycles. The van der Waals surface area contributed by atoms with Crippen molar-refractivity contribution < 1.29 is 5.11 Å². The standard InChI is InChI=1S/C8H12OS2/c1-10-6-4-7(9)8-3-2-5-11-8/h2-3,5,7,9H,4,6H2,1H3. The van der Waals surface area contributed by atoms with Gasteiger partial charge in [-0.2, -0.15) is 11.8 Å². The average Bonchev–Trinajstić information content (AvgIpc) is 2.52. The zero-order valence-electron chi connectivity index (χ0n) is 6.49. The Bertz CT molecular complexity index is 184.